The Hall–Kier alpha value is -11.9. The van der Waals surface area contributed by atoms with Crippen LogP contribution in [0.25, 0.3) is 121 Å². The van der Waals surface area contributed by atoms with E-state index in [9.17, 15) is 16.4 Å². The minimum absolute atomic E-state index is 0.0829. The smallest absolute Gasteiger partial charge is 0.252 e. The van der Waals surface area contributed by atoms with E-state index in [2.05, 4.69) is 193 Å². The number of benzene rings is 14. The molecule has 14 aromatic carbocycles. The molecule has 3 aromatic heterocycles. The fourth-order valence-electron chi connectivity index (χ4n) is 15.8. The monoisotopic (exact) mass is 1330 g/mol. The predicted octanol–water partition coefficient (Wildman–Crippen LogP) is 24.4. The molecule has 2 aliphatic rings. The van der Waals surface area contributed by atoms with Gasteiger partial charge in [0.2, 0.25) is 0 Å². The largest absolute Gasteiger partial charge is 0.452 e. The number of fused-ring (bicyclic) bond motifs is 13. The molecule has 0 N–H and O–H groups in total. The van der Waals surface area contributed by atoms with Gasteiger partial charge in [0, 0.05) is 66.2 Å². The van der Waals surface area contributed by atoms with Crippen LogP contribution in [-0.4, -0.2) is 15.8 Å². The standard InChI is InChI=1S/C96H77BN4O/c1-94(2,3)66-34-24-32-62(52-66)64-48-50-78-86(54-64)100(85-47-27-41-75-74-40-26-46-84(92(74)102-93(75)85)99-82-44-22-18-38-72(82)73-39-19-23-45-83(73)99)88-58-69(98-80-42-20-16-36-70(80)71-37-17-21-43-81(71)98)59-89-90(88)97(78)79-51-49-65(63-33-25-35-67(53-63)95(4,5)6)55-87(79)101(89)91-76(60-28-12-10-13-29-60)56-68(96(7,8)9)57-77(91)61-30-14-11-15-31-61/h10-59H,1-9H3/i16D,17D,18D,19D,20D,21D,22D,23D,36D,37D,38D,39D,42D,43D,44D,45D. The van der Waals surface area contributed by atoms with Crippen molar-refractivity contribution in [3.05, 3.63) is 320 Å². The first-order valence-electron chi connectivity index (χ1n) is 42.7. The van der Waals surface area contributed by atoms with E-state index >= 15 is 0 Å². The number of nitrogens with zero attached hydrogens (tertiary/aromatic N) is 4. The summed E-state index contributed by atoms with van der Waals surface area (Å²) in [6.07, 6.45) is 0. The Morgan fingerprint density at radius 3 is 1.17 bits per heavy atom. The molecule has 0 spiro atoms. The third-order valence-corrected chi connectivity index (χ3v) is 20.8. The number of hydrogen-bond donors (Lipinski definition) is 0. The van der Waals surface area contributed by atoms with Gasteiger partial charge in [0.1, 0.15) is 0 Å². The summed E-state index contributed by atoms with van der Waals surface area (Å²) in [4.78, 5) is 4.51. The summed E-state index contributed by atoms with van der Waals surface area (Å²) < 4.78 is 162. The summed E-state index contributed by atoms with van der Waals surface area (Å²) in [6, 6.07) is 62.4. The second-order valence-electron chi connectivity index (χ2n) is 30.1. The summed E-state index contributed by atoms with van der Waals surface area (Å²) in [5.74, 6) is 0. The lowest BCUT2D eigenvalue weighted by molar-refractivity contribution is 0.590. The molecular weight excluding hydrogens is 1240 g/mol. The van der Waals surface area contributed by atoms with Crippen LogP contribution in [0.1, 0.15) is 101 Å². The van der Waals surface area contributed by atoms with Gasteiger partial charge in [0.15, 0.2) is 11.2 Å². The second kappa shape index (κ2) is 22.8. The maximum atomic E-state index is 10.2. The molecule has 490 valence electrons. The van der Waals surface area contributed by atoms with Gasteiger partial charge in [-0.3, -0.25) is 0 Å². The highest BCUT2D eigenvalue weighted by Crippen LogP contribution is 2.54. The first kappa shape index (κ1) is 46.5. The molecule has 5 heterocycles. The maximum absolute atomic E-state index is 10.2. The number of aromatic nitrogens is 2. The second-order valence-corrected chi connectivity index (χ2v) is 30.1. The van der Waals surface area contributed by atoms with E-state index in [0.29, 0.717) is 39.1 Å². The summed E-state index contributed by atoms with van der Waals surface area (Å²) in [5.41, 5.74) is 16.8. The van der Waals surface area contributed by atoms with Crippen LogP contribution in [0.3, 0.4) is 0 Å². The normalized spacial score (nSPS) is 15.3. The Morgan fingerprint density at radius 2 is 0.696 bits per heavy atom. The minimum atomic E-state index is -0.639. The first-order valence-corrected chi connectivity index (χ1v) is 34.7. The third-order valence-electron chi connectivity index (χ3n) is 20.8. The topological polar surface area (TPSA) is 29.5 Å². The van der Waals surface area contributed by atoms with Gasteiger partial charge >= 0.3 is 0 Å². The van der Waals surface area contributed by atoms with Gasteiger partial charge in [-0.15, -0.1) is 0 Å². The molecule has 0 saturated heterocycles. The van der Waals surface area contributed by atoms with Crippen LogP contribution in [0.15, 0.2) is 307 Å². The van der Waals surface area contributed by atoms with Crippen molar-refractivity contribution in [3.8, 4) is 55.9 Å². The maximum Gasteiger partial charge on any atom is 0.252 e. The van der Waals surface area contributed by atoms with Gasteiger partial charge in [-0.25, -0.2) is 0 Å². The van der Waals surface area contributed by atoms with Gasteiger partial charge in [0.05, 0.1) is 66.7 Å². The highest BCUT2D eigenvalue weighted by molar-refractivity contribution is 7.00. The van der Waals surface area contributed by atoms with Crippen LogP contribution >= 0.6 is 0 Å². The Labute approximate surface area is 619 Å². The van der Waals surface area contributed by atoms with Gasteiger partial charge in [-0.2, -0.15) is 0 Å². The van der Waals surface area contributed by atoms with E-state index in [0.717, 1.165) is 89.0 Å². The van der Waals surface area contributed by atoms with Crippen molar-refractivity contribution >= 4 is 123 Å². The quantitative estimate of drug-likeness (QED) is 0.142. The van der Waals surface area contributed by atoms with Crippen molar-refractivity contribution in [1.82, 2.24) is 9.13 Å². The van der Waals surface area contributed by atoms with Crippen LogP contribution < -0.4 is 26.2 Å². The Kier molecular flexibility index (Phi) is 10.4. The molecule has 0 aliphatic carbocycles. The van der Waals surface area contributed by atoms with E-state index in [1.165, 1.54) is 4.57 Å². The van der Waals surface area contributed by atoms with Crippen molar-refractivity contribution in [1.29, 1.82) is 0 Å². The van der Waals surface area contributed by atoms with Crippen molar-refractivity contribution in [3.63, 3.8) is 0 Å². The van der Waals surface area contributed by atoms with E-state index in [-0.39, 0.29) is 71.4 Å². The Balaban J connectivity index is 1.02. The highest BCUT2D eigenvalue weighted by atomic mass is 16.3. The molecular formula is C96H77BN4O. The third kappa shape index (κ3) is 9.59. The lowest BCUT2D eigenvalue weighted by Gasteiger charge is -2.45. The lowest BCUT2D eigenvalue weighted by atomic mass is 9.33. The van der Waals surface area contributed by atoms with Crippen LogP contribution in [0.4, 0.5) is 34.1 Å². The number of rotatable bonds is 8. The van der Waals surface area contributed by atoms with Crippen molar-refractivity contribution < 1.29 is 26.3 Å². The number of para-hydroxylation sites is 6. The van der Waals surface area contributed by atoms with Crippen LogP contribution in [0.2, 0.25) is 0 Å². The fourth-order valence-corrected chi connectivity index (χ4v) is 15.8. The van der Waals surface area contributed by atoms with Gasteiger partial charge < -0.3 is 23.4 Å². The zero-order valence-electron chi connectivity index (χ0n) is 73.9. The summed E-state index contributed by atoms with van der Waals surface area (Å²) >= 11 is 0. The molecule has 17 aromatic rings. The molecule has 0 unspecified atom stereocenters. The van der Waals surface area contributed by atoms with E-state index in [4.69, 9.17) is 9.90 Å². The van der Waals surface area contributed by atoms with Gasteiger partial charge in [-0.05, 0) is 155 Å². The fraction of sp³-hybridized carbons (Fsp3) is 0.125. The van der Waals surface area contributed by atoms with Crippen molar-refractivity contribution in [2.75, 3.05) is 9.80 Å². The SMILES string of the molecule is [2H]c1c([2H])c([2H])c2c(c1[2H])c1c([2H])c([2H])c([2H])c([2H])c1n2-c1cc2c3c(c1)N(c1cccc4c1oc1c(-n5c6c([2H])c([2H])c([2H])c([2H])c6c6c([2H])c([2H])c([2H])c([2H])c65)cccc14)c1cc(-c4cccc(C(C)(C)C)c4)ccc1B3c1ccc(-c3cccc(C(C)(C)C)c3)cc1N2c1c(-c2ccccc2)cc(C(C)(C)C)cc1-c1ccccc1. The Morgan fingerprint density at radius 1 is 0.304 bits per heavy atom. The molecule has 0 amide bonds. The van der Waals surface area contributed by atoms with E-state index in [1.807, 2.05) is 72.8 Å². The summed E-state index contributed by atoms with van der Waals surface area (Å²) in [7, 11) is 0. The predicted molar refractivity (Wildman–Crippen MR) is 434 cm³/mol. The van der Waals surface area contributed by atoms with Crippen LogP contribution in [0.5, 0.6) is 0 Å². The molecule has 0 radical (unpaired) electrons. The van der Waals surface area contributed by atoms with Gasteiger partial charge in [0.25, 0.3) is 6.71 Å². The van der Waals surface area contributed by atoms with Crippen LogP contribution in [-0.2, 0) is 16.2 Å². The number of anilines is 6. The zero-order valence-corrected chi connectivity index (χ0v) is 57.9. The van der Waals surface area contributed by atoms with E-state index in [1.54, 1.807) is 16.7 Å². The molecule has 0 fully saturated rings. The summed E-state index contributed by atoms with van der Waals surface area (Å²) in [5, 5.41) is 0.746. The molecule has 102 heavy (non-hydrogen) atoms. The summed E-state index contributed by atoms with van der Waals surface area (Å²) in [6.45, 7) is 19.1. The molecule has 5 nitrogen and oxygen atoms in total. The Bertz CT molecular complexity index is 7080. The zero-order chi connectivity index (χ0) is 83.0. The first-order chi connectivity index (χ1) is 56.2. The van der Waals surface area contributed by atoms with Gasteiger partial charge in [-0.1, -0.05) is 293 Å². The lowest BCUT2D eigenvalue weighted by Crippen LogP contribution is -2.61. The molecule has 0 saturated carbocycles. The average molecular weight is 1330 g/mol. The molecule has 0 bridgehead atoms. The molecule has 6 heteroatoms. The van der Waals surface area contributed by atoms with Crippen molar-refractivity contribution in [2.45, 2.75) is 78.6 Å². The molecule has 19 rings (SSSR count). The molecule has 2 aliphatic heterocycles. The highest BCUT2D eigenvalue weighted by Gasteiger charge is 2.46. The van der Waals surface area contributed by atoms with Crippen molar-refractivity contribution in [2.24, 2.45) is 0 Å². The average Bonchev–Trinajstić information content (AvgIpc) is 1.12. The molecule has 0 atom stereocenters. The minimum Gasteiger partial charge on any atom is -0.452 e. The van der Waals surface area contributed by atoms with E-state index < -0.39 is 109 Å². The van der Waals surface area contributed by atoms with Crippen LogP contribution in [0, 0.1) is 0 Å². The number of furan rings is 1. The number of hydrogen-bond acceptors (Lipinski definition) is 3.